The third kappa shape index (κ3) is 19.0. The van der Waals surface area contributed by atoms with Crippen LogP contribution in [-0.4, -0.2) is 42.0 Å². The Morgan fingerprint density at radius 1 is 0.824 bits per heavy atom. The van der Waals surface area contributed by atoms with E-state index in [-0.39, 0.29) is 35.5 Å². The third-order valence-electron chi connectivity index (χ3n) is 2.90. The van der Waals surface area contributed by atoms with E-state index < -0.39 is 0 Å². The van der Waals surface area contributed by atoms with Crippen LogP contribution in [0, 0.1) is 0 Å². The summed E-state index contributed by atoms with van der Waals surface area (Å²) >= 11 is 0. The second kappa shape index (κ2) is 16.5. The quantitative estimate of drug-likeness (QED) is 0.440. The summed E-state index contributed by atoms with van der Waals surface area (Å²) in [4.78, 5) is 10.6. The Balaban J connectivity index is 0. The summed E-state index contributed by atoms with van der Waals surface area (Å²) in [6.07, 6.45) is 13.5. The van der Waals surface area contributed by atoms with Gasteiger partial charge >= 0.3 is 0 Å². The van der Waals surface area contributed by atoms with Crippen LogP contribution in [0.5, 0.6) is 0 Å². The maximum atomic E-state index is 10.6. The Morgan fingerprint density at radius 3 is 1.65 bits per heavy atom. The van der Waals surface area contributed by atoms with E-state index in [4.69, 9.17) is 0 Å². The van der Waals surface area contributed by atoms with Crippen LogP contribution >= 0.6 is 0 Å². The molecule has 0 heterocycles. The van der Waals surface area contributed by atoms with Gasteiger partial charge in [-0.3, -0.25) is 4.79 Å². The van der Waals surface area contributed by atoms with Gasteiger partial charge in [-0.2, -0.15) is 0 Å². The largest absolute Gasteiger partial charge is 0.356 e. The summed E-state index contributed by atoms with van der Waals surface area (Å²) in [5.74, 6) is 0.0934. The van der Waals surface area contributed by atoms with Crippen LogP contribution < -0.4 is 5.32 Å². The molecule has 17 heavy (non-hydrogen) atoms. The summed E-state index contributed by atoms with van der Waals surface area (Å²) in [5.41, 5.74) is 0. The van der Waals surface area contributed by atoms with Crippen molar-refractivity contribution in [2.24, 2.45) is 0 Å². The second-order valence-corrected chi connectivity index (χ2v) is 4.66. The van der Waals surface area contributed by atoms with Crippen molar-refractivity contribution in [3.63, 3.8) is 0 Å². The van der Waals surface area contributed by atoms with Gasteiger partial charge in [-0.1, -0.05) is 64.7 Å². The Bertz CT molecular complexity index is 162. The molecule has 2 nitrogen and oxygen atoms in total. The number of amides is 1. The van der Waals surface area contributed by atoms with Gasteiger partial charge in [0.2, 0.25) is 5.91 Å². The average Bonchev–Trinajstić information content (AvgIpc) is 2.25. The summed E-state index contributed by atoms with van der Waals surface area (Å²) in [6, 6.07) is 0. The fraction of sp³-hybridized carbons (Fsp3) is 0.929. The molecule has 0 bridgehead atoms. The van der Waals surface area contributed by atoms with Crippen LogP contribution in [-0.2, 0) is 4.79 Å². The normalized spacial score (nSPS) is 9.76. The summed E-state index contributed by atoms with van der Waals surface area (Å²) in [7, 11) is 0. The Labute approximate surface area is 130 Å². The molecule has 0 spiro atoms. The first-order valence-corrected chi connectivity index (χ1v) is 7.01. The molecule has 0 aromatic heterocycles. The van der Waals surface area contributed by atoms with E-state index in [0.29, 0.717) is 0 Å². The number of nitrogens with one attached hydrogen (secondary N) is 1. The zero-order valence-corrected chi connectivity index (χ0v) is 14.2. The van der Waals surface area contributed by atoms with E-state index in [2.05, 4.69) is 12.2 Å². The van der Waals surface area contributed by atoms with Crippen LogP contribution in [0.1, 0.15) is 78.1 Å². The fourth-order valence-electron chi connectivity index (χ4n) is 1.88. The first kappa shape index (κ1) is 19.8. The number of hydrogen-bond acceptors (Lipinski definition) is 1. The monoisotopic (exact) mass is 250 g/mol. The maximum absolute atomic E-state index is 10.6. The minimum Gasteiger partial charge on any atom is -0.356 e. The Kier molecular flexibility index (Phi) is 19.2. The van der Waals surface area contributed by atoms with E-state index >= 15 is 0 Å². The zero-order chi connectivity index (χ0) is 12.1. The molecule has 3 heteroatoms. The molecule has 0 atom stereocenters. The molecule has 0 rings (SSSR count). The number of hydrogen-bond donors (Lipinski definition) is 1. The summed E-state index contributed by atoms with van der Waals surface area (Å²) in [5, 5.41) is 2.83. The van der Waals surface area contributed by atoms with E-state index in [1.807, 2.05) is 0 Å². The van der Waals surface area contributed by atoms with Crippen LogP contribution in [0.4, 0.5) is 0 Å². The number of carbonyl (C=O) groups excluding carboxylic acids is 1. The van der Waals surface area contributed by atoms with Gasteiger partial charge < -0.3 is 5.32 Å². The first-order valence-electron chi connectivity index (χ1n) is 7.01. The van der Waals surface area contributed by atoms with Crippen LogP contribution in [0.15, 0.2) is 0 Å². The van der Waals surface area contributed by atoms with Crippen LogP contribution in [0.25, 0.3) is 0 Å². The molecule has 0 aliphatic carbocycles. The molecule has 0 aromatic carbocycles. The van der Waals surface area contributed by atoms with E-state index in [1.165, 1.54) is 57.8 Å². The molecule has 0 aromatic rings. The van der Waals surface area contributed by atoms with E-state index in [0.717, 1.165) is 13.0 Å². The maximum Gasteiger partial charge on any atom is 0.216 e. The molecule has 0 aliphatic rings. The third-order valence-corrected chi connectivity index (χ3v) is 2.90. The van der Waals surface area contributed by atoms with Crippen molar-refractivity contribution >= 4 is 35.5 Å². The zero-order valence-electron chi connectivity index (χ0n) is 12.2. The first-order chi connectivity index (χ1) is 7.77. The molecule has 0 unspecified atom stereocenters. The summed E-state index contributed by atoms with van der Waals surface area (Å²) in [6.45, 7) is 4.69. The summed E-state index contributed by atoms with van der Waals surface area (Å²) < 4.78 is 0. The number of rotatable bonds is 11. The molecule has 1 amide bonds. The fourth-order valence-corrected chi connectivity index (χ4v) is 1.88. The van der Waals surface area contributed by atoms with Gasteiger partial charge in [-0.05, 0) is 6.42 Å². The van der Waals surface area contributed by atoms with Crippen molar-refractivity contribution in [2.45, 2.75) is 78.1 Å². The molecule has 97 valence electrons. The van der Waals surface area contributed by atoms with Gasteiger partial charge in [0, 0.05) is 43.0 Å². The molecule has 1 N–H and O–H groups in total. The van der Waals surface area contributed by atoms with Crippen molar-refractivity contribution < 1.29 is 4.79 Å². The average molecular weight is 250 g/mol. The molecule has 0 aliphatic heterocycles. The molecule has 0 saturated carbocycles. The van der Waals surface area contributed by atoms with Crippen molar-refractivity contribution in [1.29, 1.82) is 0 Å². The minimum atomic E-state index is 0. The van der Waals surface area contributed by atoms with E-state index in [9.17, 15) is 4.79 Å². The number of carbonyl (C=O) groups is 1. The molecule has 0 saturated heterocycles. The molecular formula is C14H29NNaO. The van der Waals surface area contributed by atoms with Gasteiger partial charge in [0.25, 0.3) is 0 Å². The van der Waals surface area contributed by atoms with Gasteiger partial charge in [0.1, 0.15) is 0 Å². The molecule has 1 radical (unpaired) electrons. The van der Waals surface area contributed by atoms with Crippen LogP contribution in [0.3, 0.4) is 0 Å². The van der Waals surface area contributed by atoms with Gasteiger partial charge in [0.15, 0.2) is 0 Å². The molecular weight excluding hydrogens is 221 g/mol. The van der Waals surface area contributed by atoms with Gasteiger partial charge in [0.05, 0.1) is 0 Å². The molecule has 0 fully saturated rings. The minimum absolute atomic E-state index is 0. The Hall–Kier alpha value is 0.470. The van der Waals surface area contributed by atoms with Crippen molar-refractivity contribution in [1.82, 2.24) is 5.32 Å². The van der Waals surface area contributed by atoms with Gasteiger partial charge in [-0.15, -0.1) is 0 Å². The SMILES string of the molecule is CCCCCCCCCCCCNC(C)=O.[Na]. The number of unbranched alkanes of at least 4 members (excludes halogenated alkanes) is 9. The van der Waals surface area contributed by atoms with E-state index in [1.54, 1.807) is 6.92 Å². The smallest absolute Gasteiger partial charge is 0.216 e. The predicted octanol–water partition coefficient (Wildman–Crippen LogP) is 3.66. The Morgan fingerprint density at radius 2 is 1.24 bits per heavy atom. The van der Waals surface area contributed by atoms with Crippen LogP contribution in [0.2, 0.25) is 0 Å². The van der Waals surface area contributed by atoms with Crippen molar-refractivity contribution in [3.05, 3.63) is 0 Å². The topological polar surface area (TPSA) is 29.1 Å². The van der Waals surface area contributed by atoms with Crippen molar-refractivity contribution in [3.8, 4) is 0 Å². The second-order valence-electron chi connectivity index (χ2n) is 4.66. The standard InChI is InChI=1S/C14H29NO.Na/c1-3-4-5-6-7-8-9-10-11-12-13-15-14(2)16;/h3-13H2,1-2H3,(H,15,16);. The van der Waals surface area contributed by atoms with Crippen molar-refractivity contribution in [2.75, 3.05) is 6.54 Å². The predicted molar refractivity (Wildman–Crippen MR) is 76.3 cm³/mol. The van der Waals surface area contributed by atoms with Gasteiger partial charge in [-0.25, -0.2) is 0 Å².